The number of aliphatic hydroxyl groups is 1. The van der Waals surface area contributed by atoms with Crippen LogP contribution in [0.5, 0.6) is 5.75 Å². The van der Waals surface area contributed by atoms with Gasteiger partial charge >= 0.3 is 6.18 Å². The first-order chi connectivity index (χ1) is 15.3. The third-order valence-electron chi connectivity index (χ3n) is 5.01. The summed E-state index contributed by atoms with van der Waals surface area (Å²) in [7, 11) is 0. The number of hydrogen-bond donors (Lipinski definition) is 2. The summed E-state index contributed by atoms with van der Waals surface area (Å²) >= 11 is 0. The van der Waals surface area contributed by atoms with E-state index in [0.717, 1.165) is 0 Å². The Bertz CT molecular complexity index is 1270. The van der Waals surface area contributed by atoms with Crippen LogP contribution in [0.3, 0.4) is 0 Å². The van der Waals surface area contributed by atoms with Gasteiger partial charge in [0.1, 0.15) is 17.0 Å². The van der Waals surface area contributed by atoms with Crippen LogP contribution in [0.4, 0.5) is 13.2 Å². The van der Waals surface area contributed by atoms with Gasteiger partial charge in [0.25, 0.3) is 5.89 Å². The molecule has 0 spiro atoms. The van der Waals surface area contributed by atoms with Crippen LogP contribution in [0.1, 0.15) is 23.7 Å². The van der Waals surface area contributed by atoms with Crippen molar-refractivity contribution in [1.82, 2.24) is 15.3 Å². The fourth-order valence-electron chi connectivity index (χ4n) is 3.53. The van der Waals surface area contributed by atoms with E-state index in [0.29, 0.717) is 16.9 Å². The Kier molecular flexibility index (Phi) is 4.72. The molecule has 32 heavy (non-hydrogen) atoms. The van der Waals surface area contributed by atoms with Gasteiger partial charge in [0.15, 0.2) is 6.23 Å². The molecule has 1 aliphatic heterocycles. The topological polar surface area (TPSA) is 120 Å². The SMILES string of the molecule is NC1CC(O)c2ccc(-c3noc(-c4onc(-c5ccccc5)c4C(F)(F)F)n3)cc2O1. The highest BCUT2D eigenvalue weighted by Gasteiger charge is 2.43. The van der Waals surface area contributed by atoms with E-state index < -0.39 is 35.7 Å². The molecule has 0 aliphatic carbocycles. The van der Waals surface area contributed by atoms with E-state index in [4.69, 9.17) is 19.5 Å². The van der Waals surface area contributed by atoms with Crippen LogP contribution in [0.15, 0.2) is 57.6 Å². The second kappa shape index (κ2) is 7.46. The molecule has 2 unspecified atom stereocenters. The van der Waals surface area contributed by atoms with E-state index in [-0.39, 0.29) is 23.5 Å². The summed E-state index contributed by atoms with van der Waals surface area (Å²) in [6.45, 7) is 0. The monoisotopic (exact) mass is 444 g/mol. The molecule has 0 radical (unpaired) electrons. The van der Waals surface area contributed by atoms with Crippen molar-refractivity contribution in [3.8, 4) is 40.0 Å². The van der Waals surface area contributed by atoms with Crippen molar-refractivity contribution in [2.45, 2.75) is 24.9 Å². The third-order valence-corrected chi connectivity index (χ3v) is 5.01. The summed E-state index contributed by atoms with van der Waals surface area (Å²) in [5, 5.41) is 17.5. The van der Waals surface area contributed by atoms with Gasteiger partial charge in [-0.2, -0.15) is 18.2 Å². The van der Waals surface area contributed by atoms with Crippen molar-refractivity contribution in [2.75, 3.05) is 0 Å². The number of fused-ring (bicyclic) bond motifs is 1. The zero-order chi connectivity index (χ0) is 22.5. The molecule has 3 N–H and O–H groups in total. The average Bonchev–Trinajstić information content (AvgIpc) is 3.41. The lowest BCUT2D eigenvalue weighted by Crippen LogP contribution is -2.33. The largest absolute Gasteiger partial charge is 0.475 e. The Labute approximate surface area is 178 Å². The number of halogens is 3. The summed E-state index contributed by atoms with van der Waals surface area (Å²) in [6.07, 6.45) is -6.01. The van der Waals surface area contributed by atoms with Crippen molar-refractivity contribution < 1.29 is 32.1 Å². The number of ether oxygens (including phenoxy) is 1. The molecule has 11 heteroatoms. The molecule has 0 amide bonds. The van der Waals surface area contributed by atoms with E-state index >= 15 is 0 Å². The zero-order valence-electron chi connectivity index (χ0n) is 16.2. The summed E-state index contributed by atoms with van der Waals surface area (Å²) in [4.78, 5) is 4.06. The second-order valence-corrected chi connectivity index (χ2v) is 7.18. The Balaban J connectivity index is 1.55. The van der Waals surface area contributed by atoms with Crippen LogP contribution in [0, 0.1) is 0 Å². The maximum Gasteiger partial charge on any atom is 0.422 e. The highest BCUT2D eigenvalue weighted by atomic mass is 19.4. The highest BCUT2D eigenvalue weighted by molar-refractivity contribution is 5.71. The van der Waals surface area contributed by atoms with Crippen LogP contribution in [0.2, 0.25) is 0 Å². The fourth-order valence-corrected chi connectivity index (χ4v) is 3.53. The Morgan fingerprint density at radius 1 is 1.00 bits per heavy atom. The quantitative estimate of drug-likeness (QED) is 0.483. The second-order valence-electron chi connectivity index (χ2n) is 7.18. The Morgan fingerprint density at radius 3 is 2.53 bits per heavy atom. The first-order valence-electron chi connectivity index (χ1n) is 9.52. The van der Waals surface area contributed by atoms with Gasteiger partial charge < -0.3 is 18.9 Å². The number of benzene rings is 2. The normalized spacial score (nSPS) is 18.3. The molecule has 164 valence electrons. The number of rotatable bonds is 3. The lowest BCUT2D eigenvalue weighted by Gasteiger charge is -2.27. The van der Waals surface area contributed by atoms with Gasteiger partial charge in [0.05, 0.1) is 6.10 Å². The molecular formula is C21H15F3N4O4. The zero-order valence-corrected chi connectivity index (χ0v) is 16.2. The van der Waals surface area contributed by atoms with Crippen molar-refractivity contribution in [3.63, 3.8) is 0 Å². The first-order valence-corrected chi connectivity index (χ1v) is 9.52. The molecule has 5 rings (SSSR count). The van der Waals surface area contributed by atoms with Crippen LogP contribution >= 0.6 is 0 Å². The number of hydrogen-bond acceptors (Lipinski definition) is 8. The van der Waals surface area contributed by atoms with Crippen LogP contribution in [0.25, 0.3) is 34.3 Å². The van der Waals surface area contributed by atoms with Gasteiger partial charge in [-0.3, -0.25) is 5.73 Å². The van der Waals surface area contributed by atoms with Gasteiger partial charge in [0, 0.05) is 23.1 Å². The van der Waals surface area contributed by atoms with Crippen LogP contribution in [-0.2, 0) is 6.18 Å². The molecule has 8 nitrogen and oxygen atoms in total. The molecule has 0 bridgehead atoms. The minimum Gasteiger partial charge on any atom is -0.475 e. The summed E-state index contributed by atoms with van der Waals surface area (Å²) in [5.41, 5.74) is 5.45. The number of nitrogens with zero attached hydrogens (tertiary/aromatic N) is 3. The van der Waals surface area contributed by atoms with Crippen LogP contribution in [-0.4, -0.2) is 26.6 Å². The van der Waals surface area contributed by atoms with E-state index in [1.807, 2.05) is 0 Å². The van der Waals surface area contributed by atoms with Crippen molar-refractivity contribution >= 4 is 0 Å². The lowest BCUT2D eigenvalue weighted by atomic mass is 10.00. The molecule has 2 aromatic carbocycles. The molecule has 4 aromatic rings. The Hall–Kier alpha value is -3.70. The van der Waals surface area contributed by atoms with Gasteiger partial charge in [-0.1, -0.05) is 52.8 Å². The lowest BCUT2D eigenvalue weighted by molar-refractivity contribution is -0.136. The van der Waals surface area contributed by atoms with E-state index in [1.54, 1.807) is 30.3 Å². The molecule has 0 saturated carbocycles. The highest BCUT2D eigenvalue weighted by Crippen LogP contribution is 2.43. The summed E-state index contributed by atoms with van der Waals surface area (Å²) in [5.74, 6) is -0.813. The van der Waals surface area contributed by atoms with Crippen LogP contribution < -0.4 is 10.5 Å². The molecule has 2 aromatic heterocycles. The minimum atomic E-state index is -4.78. The molecule has 3 heterocycles. The van der Waals surface area contributed by atoms with Gasteiger partial charge in [-0.05, 0) is 6.07 Å². The van der Waals surface area contributed by atoms with Crippen molar-refractivity contribution in [2.24, 2.45) is 5.73 Å². The van der Waals surface area contributed by atoms with Gasteiger partial charge in [-0.25, -0.2) is 0 Å². The Morgan fingerprint density at radius 2 is 1.78 bits per heavy atom. The third kappa shape index (κ3) is 3.51. The molecule has 2 atom stereocenters. The smallest absolute Gasteiger partial charge is 0.422 e. The van der Waals surface area contributed by atoms with E-state index in [2.05, 4.69) is 15.3 Å². The molecule has 1 aliphatic rings. The molecular weight excluding hydrogens is 429 g/mol. The standard InChI is InChI=1S/C21H15F3N4O4/c22-21(23,24)16-17(10-4-2-1-3-5-10)27-31-18(16)20-26-19(28-32-20)11-6-7-12-13(29)9-15(25)30-14(12)8-11/h1-8,13,15,29H,9,25H2. The van der Waals surface area contributed by atoms with Crippen molar-refractivity contribution in [1.29, 1.82) is 0 Å². The number of aliphatic hydroxyl groups excluding tert-OH is 1. The molecule has 0 fully saturated rings. The number of nitrogens with two attached hydrogens (primary N) is 1. The van der Waals surface area contributed by atoms with Gasteiger partial charge in [-0.15, -0.1) is 0 Å². The number of alkyl halides is 3. The van der Waals surface area contributed by atoms with E-state index in [9.17, 15) is 18.3 Å². The van der Waals surface area contributed by atoms with Gasteiger partial charge in [0.2, 0.25) is 11.6 Å². The van der Waals surface area contributed by atoms with E-state index in [1.165, 1.54) is 18.2 Å². The number of aromatic nitrogens is 3. The minimum absolute atomic E-state index is 0.00539. The predicted molar refractivity (Wildman–Crippen MR) is 104 cm³/mol. The maximum absolute atomic E-state index is 13.9. The first kappa shape index (κ1) is 20.2. The molecule has 0 saturated heterocycles. The maximum atomic E-state index is 13.9. The summed E-state index contributed by atoms with van der Waals surface area (Å²) in [6, 6.07) is 12.6. The van der Waals surface area contributed by atoms with Crippen molar-refractivity contribution in [3.05, 3.63) is 59.7 Å². The fraction of sp³-hybridized carbons (Fsp3) is 0.190. The average molecular weight is 444 g/mol. The summed E-state index contributed by atoms with van der Waals surface area (Å²) < 4.78 is 57.2. The predicted octanol–water partition coefficient (Wildman–Crippen LogP) is 4.18.